The molecule has 3 aromatic carbocycles. The van der Waals surface area contributed by atoms with Crippen LogP contribution in [0, 0.1) is 0 Å². The Bertz CT molecular complexity index is 1050. The highest BCUT2D eigenvalue weighted by atomic mass is 16.5. The molecule has 0 spiro atoms. The molecule has 6 heteroatoms. The Balaban J connectivity index is 1.35. The zero-order valence-corrected chi connectivity index (χ0v) is 21.0. The van der Waals surface area contributed by atoms with Crippen molar-refractivity contribution in [3.63, 3.8) is 0 Å². The monoisotopic (exact) mass is 488 g/mol. The zero-order valence-electron chi connectivity index (χ0n) is 21.0. The molecule has 6 nitrogen and oxygen atoms in total. The van der Waals surface area contributed by atoms with Gasteiger partial charge in [0.05, 0.1) is 6.61 Å². The van der Waals surface area contributed by atoms with E-state index in [2.05, 4.69) is 17.8 Å². The molecule has 36 heavy (non-hydrogen) atoms. The summed E-state index contributed by atoms with van der Waals surface area (Å²) in [7, 11) is 0. The number of benzene rings is 3. The molecule has 0 radical (unpaired) electrons. The Morgan fingerprint density at radius 3 is 1.67 bits per heavy atom. The van der Waals surface area contributed by atoms with Gasteiger partial charge in [0, 0.05) is 11.1 Å². The van der Waals surface area contributed by atoms with Crippen LogP contribution in [0.2, 0.25) is 0 Å². The van der Waals surface area contributed by atoms with E-state index in [4.69, 9.17) is 9.47 Å². The van der Waals surface area contributed by atoms with Gasteiger partial charge in [-0.05, 0) is 60.5 Å². The summed E-state index contributed by atoms with van der Waals surface area (Å²) in [6, 6.07) is 23.5. The van der Waals surface area contributed by atoms with Crippen LogP contribution in [0.1, 0.15) is 78.1 Å². The van der Waals surface area contributed by atoms with Crippen LogP contribution in [0.4, 0.5) is 0 Å². The van der Waals surface area contributed by atoms with Crippen molar-refractivity contribution in [3.05, 3.63) is 95.6 Å². The number of carbonyl (C=O) groups is 2. The fourth-order valence-corrected chi connectivity index (χ4v) is 3.65. The van der Waals surface area contributed by atoms with E-state index in [9.17, 15) is 9.59 Å². The molecule has 3 rings (SSSR count). The van der Waals surface area contributed by atoms with Crippen LogP contribution in [-0.4, -0.2) is 18.4 Å². The summed E-state index contributed by atoms with van der Waals surface area (Å²) >= 11 is 0. The Hall–Kier alpha value is -3.80. The molecule has 3 aromatic rings. The number of nitrogens with one attached hydrogen (secondary N) is 2. The molecule has 0 fully saturated rings. The summed E-state index contributed by atoms with van der Waals surface area (Å²) in [6.07, 6.45) is 8.65. The van der Waals surface area contributed by atoms with Crippen molar-refractivity contribution in [3.8, 4) is 11.5 Å². The second-order valence-corrected chi connectivity index (χ2v) is 8.70. The van der Waals surface area contributed by atoms with E-state index < -0.39 is 11.8 Å². The minimum absolute atomic E-state index is 0.398. The summed E-state index contributed by atoms with van der Waals surface area (Å²) in [5.74, 6) is 0.585. The number of hydrogen-bond donors (Lipinski definition) is 2. The Kier molecular flexibility index (Phi) is 11.4. The van der Waals surface area contributed by atoms with Crippen LogP contribution in [0.15, 0.2) is 78.9 Å². The zero-order chi connectivity index (χ0) is 25.4. The fourth-order valence-electron chi connectivity index (χ4n) is 3.65. The van der Waals surface area contributed by atoms with E-state index in [1.807, 2.05) is 30.3 Å². The van der Waals surface area contributed by atoms with Crippen molar-refractivity contribution in [1.29, 1.82) is 0 Å². The smallest absolute Gasteiger partial charge is 0.269 e. The van der Waals surface area contributed by atoms with Crippen molar-refractivity contribution in [2.75, 3.05) is 6.61 Å². The molecular weight excluding hydrogens is 452 g/mol. The predicted molar refractivity (Wildman–Crippen MR) is 142 cm³/mol. The Labute approximate surface area is 214 Å². The van der Waals surface area contributed by atoms with Gasteiger partial charge in [0.15, 0.2) is 0 Å². The van der Waals surface area contributed by atoms with E-state index in [-0.39, 0.29) is 0 Å². The number of carbonyl (C=O) groups excluding carboxylic acids is 2. The fraction of sp³-hybridized carbons (Fsp3) is 0.333. The van der Waals surface area contributed by atoms with Gasteiger partial charge in [-0.3, -0.25) is 20.4 Å². The maximum Gasteiger partial charge on any atom is 0.269 e. The molecule has 0 aliphatic carbocycles. The maximum absolute atomic E-state index is 12.4. The highest BCUT2D eigenvalue weighted by Crippen LogP contribution is 2.15. The lowest BCUT2D eigenvalue weighted by molar-refractivity contribution is 0.0846. The topological polar surface area (TPSA) is 76.7 Å². The van der Waals surface area contributed by atoms with Crippen LogP contribution in [0.5, 0.6) is 11.5 Å². The van der Waals surface area contributed by atoms with Crippen LogP contribution >= 0.6 is 0 Å². The lowest BCUT2D eigenvalue weighted by Gasteiger charge is -2.10. The second-order valence-electron chi connectivity index (χ2n) is 8.70. The highest BCUT2D eigenvalue weighted by molar-refractivity contribution is 5.99. The van der Waals surface area contributed by atoms with Gasteiger partial charge in [-0.25, -0.2) is 0 Å². The minimum Gasteiger partial charge on any atom is -0.494 e. The SMILES string of the molecule is CCCCCCCCCOc1ccc(C(=O)NNC(=O)c2ccc(OCc3ccccc3)cc2)cc1. The molecule has 0 heterocycles. The van der Waals surface area contributed by atoms with Gasteiger partial charge in [-0.1, -0.05) is 75.8 Å². The van der Waals surface area contributed by atoms with Crippen molar-refractivity contribution in [2.24, 2.45) is 0 Å². The summed E-state index contributed by atoms with van der Waals surface area (Å²) in [5, 5.41) is 0. The molecule has 0 bridgehead atoms. The molecule has 0 aliphatic rings. The Morgan fingerprint density at radius 1 is 0.611 bits per heavy atom. The van der Waals surface area contributed by atoms with Gasteiger partial charge in [-0.15, -0.1) is 0 Å². The molecule has 2 amide bonds. The third-order valence-corrected chi connectivity index (χ3v) is 5.79. The third kappa shape index (κ3) is 9.45. The summed E-state index contributed by atoms with van der Waals surface area (Å²) in [4.78, 5) is 24.8. The highest BCUT2D eigenvalue weighted by Gasteiger charge is 2.10. The van der Waals surface area contributed by atoms with Crippen molar-refractivity contribution in [1.82, 2.24) is 10.9 Å². The van der Waals surface area contributed by atoms with Gasteiger partial charge in [0.2, 0.25) is 0 Å². The number of amides is 2. The molecular formula is C30H36N2O4. The number of ether oxygens (including phenoxy) is 2. The normalized spacial score (nSPS) is 10.5. The second kappa shape index (κ2) is 15.2. The van der Waals surface area contributed by atoms with Gasteiger partial charge < -0.3 is 9.47 Å². The van der Waals surface area contributed by atoms with Gasteiger partial charge >= 0.3 is 0 Å². The average Bonchev–Trinajstić information content (AvgIpc) is 2.93. The standard InChI is InChI=1S/C30H36N2O4/c1-2-3-4-5-6-7-11-22-35-27-18-14-25(15-19-27)29(33)31-32-30(34)26-16-20-28(21-17-26)36-23-24-12-9-8-10-13-24/h8-10,12-21H,2-7,11,22-23H2,1H3,(H,31,33)(H,32,34). The number of hydrogen-bond acceptors (Lipinski definition) is 4. The van der Waals surface area contributed by atoms with Gasteiger partial charge in [-0.2, -0.15) is 0 Å². The van der Waals surface area contributed by atoms with Gasteiger partial charge in [0.25, 0.3) is 11.8 Å². The minimum atomic E-state index is -0.410. The van der Waals surface area contributed by atoms with E-state index in [0.29, 0.717) is 30.1 Å². The van der Waals surface area contributed by atoms with E-state index in [0.717, 1.165) is 17.7 Å². The first-order valence-corrected chi connectivity index (χ1v) is 12.8. The lowest BCUT2D eigenvalue weighted by atomic mass is 10.1. The average molecular weight is 489 g/mol. The first-order valence-electron chi connectivity index (χ1n) is 12.8. The Morgan fingerprint density at radius 2 is 1.11 bits per heavy atom. The van der Waals surface area contributed by atoms with E-state index in [1.54, 1.807) is 48.5 Å². The first-order chi connectivity index (χ1) is 17.7. The number of rotatable bonds is 14. The molecule has 0 unspecified atom stereocenters. The van der Waals surface area contributed by atoms with Crippen LogP contribution in [0.25, 0.3) is 0 Å². The van der Waals surface area contributed by atoms with Crippen molar-refractivity contribution in [2.45, 2.75) is 58.5 Å². The summed E-state index contributed by atoms with van der Waals surface area (Å²) in [5.41, 5.74) is 6.80. The van der Waals surface area contributed by atoms with Crippen LogP contribution in [0.3, 0.4) is 0 Å². The number of hydrazine groups is 1. The molecule has 0 saturated heterocycles. The summed E-state index contributed by atoms with van der Waals surface area (Å²) in [6.45, 7) is 3.35. The molecule has 0 saturated carbocycles. The van der Waals surface area contributed by atoms with Gasteiger partial charge in [0.1, 0.15) is 18.1 Å². The summed E-state index contributed by atoms with van der Waals surface area (Å²) < 4.78 is 11.5. The van der Waals surface area contributed by atoms with Crippen LogP contribution in [-0.2, 0) is 6.61 Å². The lowest BCUT2D eigenvalue weighted by Crippen LogP contribution is -2.41. The van der Waals surface area contributed by atoms with Crippen LogP contribution < -0.4 is 20.3 Å². The quantitative estimate of drug-likeness (QED) is 0.201. The first kappa shape index (κ1) is 26.8. The molecule has 0 aromatic heterocycles. The number of unbranched alkanes of at least 4 members (excludes halogenated alkanes) is 6. The molecule has 2 N–H and O–H groups in total. The molecule has 0 atom stereocenters. The van der Waals surface area contributed by atoms with Crippen molar-refractivity contribution >= 4 is 11.8 Å². The molecule has 0 aliphatic heterocycles. The van der Waals surface area contributed by atoms with Crippen molar-refractivity contribution < 1.29 is 19.1 Å². The molecule has 190 valence electrons. The van der Waals surface area contributed by atoms with E-state index >= 15 is 0 Å². The predicted octanol–water partition coefficient (Wildman–Crippen LogP) is 6.47. The largest absolute Gasteiger partial charge is 0.494 e. The van der Waals surface area contributed by atoms with E-state index in [1.165, 1.54) is 38.5 Å². The third-order valence-electron chi connectivity index (χ3n) is 5.79. The maximum atomic E-state index is 12.4.